The van der Waals surface area contributed by atoms with Gasteiger partial charge in [0, 0.05) is 13.2 Å². The molecular formula is C13H21N3O4. The van der Waals surface area contributed by atoms with Gasteiger partial charge in [-0.2, -0.15) is 0 Å². The highest BCUT2D eigenvalue weighted by Gasteiger charge is 2.18. The molecule has 7 nitrogen and oxygen atoms in total. The van der Waals surface area contributed by atoms with E-state index in [0.717, 1.165) is 6.42 Å². The lowest BCUT2D eigenvalue weighted by Gasteiger charge is -2.12. The zero-order valence-corrected chi connectivity index (χ0v) is 12.3. The fourth-order valence-corrected chi connectivity index (χ4v) is 1.53. The molecule has 0 radical (unpaired) electrons. The van der Waals surface area contributed by atoms with Crippen LogP contribution in [0, 0.1) is 0 Å². The van der Waals surface area contributed by atoms with Crippen molar-refractivity contribution >= 4 is 11.8 Å². The number of anilines is 1. The van der Waals surface area contributed by atoms with E-state index in [0.29, 0.717) is 19.0 Å². The van der Waals surface area contributed by atoms with Gasteiger partial charge in [-0.1, -0.05) is 0 Å². The zero-order chi connectivity index (χ0) is 15.0. The summed E-state index contributed by atoms with van der Waals surface area (Å²) in [4.78, 5) is 19.5. The van der Waals surface area contributed by atoms with E-state index < -0.39 is 5.97 Å². The maximum atomic E-state index is 11.6. The third kappa shape index (κ3) is 4.65. The van der Waals surface area contributed by atoms with Gasteiger partial charge in [-0.25, -0.2) is 14.8 Å². The van der Waals surface area contributed by atoms with E-state index in [9.17, 15) is 4.79 Å². The molecule has 20 heavy (non-hydrogen) atoms. The second-order valence-electron chi connectivity index (χ2n) is 4.30. The molecule has 1 N–H and O–H groups in total. The molecule has 0 saturated carbocycles. The van der Waals surface area contributed by atoms with Crippen molar-refractivity contribution in [1.29, 1.82) is 0 Å². The van der Waals surface area contributed by atoms with Crippen LogP contribution in [-0.2, 0) is 9.47 Å². The number of hydrogen-bond acceptors (Lipinski definition) is 7. The summed E-state index contributed by atoms with van der Waals surface area (Å²) in [5.74, 6) is 0.187. The molecule has 0 unspecified atom stereocenters. The highest BCUT2D eigenvalue weighted by Crippen LogP contribution is 2.24. The van der Waals surface area contributed by atoms with E-state index in [2.05, 4.69) is 20.0 Å². The van der Waals surface area contributed by atoms with Crippen LogP contribution in [0.4, 0.5) is 5.82 Å². The van der Waals surface area contributed by atoms with Gasteiger partial charge in [0.2, 0.25) is 0 Å². The van der Waals surface area contributed by atoms with Gasteiger partial charge in [-0.3, -0.25) is 0 Å². The SMILES string of the molecule is COC(=O)c1ncnc(NCCCOC(C)C)c1OC. The van der Waals surface area contributed by atoms with Crippen LogP contribution < -0.4 is 10.1 Å². The number of rotatable bonds is 8. The lowest BCUT2D eigenvalue weighted by Crippen LogP contribution is -2.13. The molecule has 0 bridgehead atoms. The number of methoxy groups -OCH3 is 2. The van der Waals surface area contributed by atoms with Crippen LogP contribution in [0.15, 0.2) is 6.33 Å². The van der Waals surface area contributed by atoms with Gasteiger partial charge in [-0.15, -0.1) is 0 Å². The quantitative estimate of drug-likeness (QED) is 0.571. The summed E-state index contributed by atoms with van der Waals surface area (Å²) in [5.41, 5.74) is 0.103. The highest BCUT2D eigenvalue weighted by atomic mass is 16.5. The van der Waals surface area contributed by atoms with Crippen LogP contribution in [0.1, 0.15) is 30.8 Å². The lowest BCUT2D eigenvalue weighted by atomic mass is 10.3. The molecule has 1 aromatic rings. The number of ether oxygens (including phenoxy) is 3. The molecule has 0 saturated heterocycles. The Bertz CT molecular complexity index is 438. The summed E-state index contributed by atoms with van der Waals surface area (Å²) in [6.07, 6.45) is 2.33. The molecule has 0 atom stereocenters. The first-order chi connectivity index (χ1) is 9.60. The summed E-state index contributed by atoms with van der Waals surface area (Å²) in [6.45, 7) is 5.29. The molecule has 0 aliphatic rings. The summed E-state index contributed by atoms with van der Waals surface area (Å²) in [5, 5.41) is 3.09. The standard InChI is InChI=1S/C13H21N3O4/c1-9(2)20-7-5-6-14-12-11(18-3)10(13(17)19-4)15-8-16-12/h8-9H,5-7H2,1-4H3,(H,14,15,16). The number of esters is 1. The number of aromatic nitrogens is 2. The van der Waals surface area contributed by atoms with Crippen molar-refractivity contribution in [1.82, 2.24) is 9.97 Å². The molecule has 0 amide bonds. The topological polar surface area (TPSA) is 82.6 Å². The Balaban J connectivity index is 2.63. The van der Waals surface area contributed by atoms with Crippen molar-refractivity contribution in [3.8, 4) is 5.75 Å². The molecule has 0 aromatic carbocycles. The number of carbonyl (C=O) groups is 1. The largest absolute Gasteiger partial charge is 0.491 e. The van der Waals surface area contributed by atoms with Crippen LogP contribution >= 0.6 is 0 Å². The smallest absolute Gasteiger partial charge is 0.360 e. The van der Waals surface area contributed by atoms with Gasteiger partial charge >= 0.3 is 5.97 Å². The normalized spacial score (nSPS) is 10.4. The molecule has 1 aromatic heterocycles. The fraction of sp³-hybridized carbons (Fsp3) is 0.615. The second kappa shape index (κ2) is 8.31. The average molecular weight is 283 g/mol. The number of nitrogens with one attached hydrogen (secondary N) is 1. The maximum Gasteiger partial charge on any atom is 0.360 e. The average Bonchev–Trinajstić information content (AvgIpc) is 2.45. The minimum absolute atomic E-state index is 0.103. The summed E-state index contributed by atoms with van der Waals surface area (Å²) in [7, 11) is 2.75. The lowest BCUT2D eigenvalue weighted by molar-refractivity contribution is 0.0589. The van der Waals surface area contributed by atoms with Crippen LogP contribution in [0.5, 0.6) is 5.75 Å². The van der Waals surface area contributed by atoms with E-state index in [4.69, 9.17) is 9.47 Å². The van der Waals surface area contributed by atoms with Crippen LogP contribution in [0.2, 0.25) is 0 Å². The first kappa shape index (κ1) is 16.2. The van der Waals surface area contributed by atoms with Crippen molar-refractivity contribution in [2.24, 2.45) is 0 Å². The summed E-state index contributed by atoms with van der Waals surface area (Å²) < 4.78 is 15.3. The molecule has 0 aliphatic heterocycles. The third-order valence-electron chi connectivity index (χ3n) is 2.45. The van der Waals surface area contributed by atoms with E-state index in [1.807, 2.05) is 13.8 Å². The first-order valence-corrected chi connectivity index (χ1v) is 6.43. The Morgan fingerprint density at radius 3 is 2.70 bits per heavy atom. The molecule has 7 heteroatoms. The highest BCUT2D eigenvalue weighted by molar-refractivity contribution is 5.91. The number of nitrogens with zero attached hydrogens (tertiary/aromatic N) is 2. The Kier molecular flexibility index (Phi) is 6.72. The van der Waals surface area contributed by atoms with Crippen molar-refractivity contribution in [3.63, 3.8) is 0 Å². The Morgan fingerprint density at radius 2 is 2.10 bits per heavy atom. The Morgan fingerprint density at radius 1 is 1.35 bits per heavy atom. The number of carbonyl (C=O) groups excluding carboxylic acids is 1. The van der Waals surface area contributed by atoms with Crippen molar-refractivity contribution in [2.45, 2.75) is 26.4 Å². The predicted molar refractivity (Wildman–Crippen MR) is 74.1 cm³/mol. The molecule has 1 heterocycles. The molecule has 1 rings (SSSR count). The number of hydrogen-bond donors (Lipinski definition) is 1. The Hall–Kier alpha value is -1.89. The van der Waals surface area contributed by atoms with Gasteiger partial charge in [0.05, 0.1) is 20.3 Å². The third-order valence-corrected chi connectivity index (χ3v) is 2.45. The second-order valence-corrected chi connectivity index (χ2v) is 4.30. The van der Waals surface area contributed by atoms with E-state index >= 15 is 0 Å². The molecule has 0 fully saturated rings. The van der Waals surface area contributed by atoms with Crippen molar-refractivity contribution in [2.75, 3.05) is 32.7 Å². The first-order valence-electron chi connectivity index (χ1n) is 6.43. The molecule has 112 valence electrons. The van der Waals surface area contributed by atoms with Gasteiger partial charge in [-0.05, 0) is 20.3 Å². The molecule has 0 aliphatic carbocycles. The van der Waals surface area contributed by atoms with Gasteiger partial charge in [0.15, 0.2) is 17.3 Å². The van der Waals surface area contributed by atoms with E-state index in [-0.39, 0.29) is 17.5 Å². The maximum absolute atomic E-state index is 11.6. The van der Waals surface area contributed by atoms with Crippen molar-refractivity contribution in [3.05, 3.63) is 12.0 Å². The fourth-order valence-electron chi connectivity index (χ4n) is 1.53. The monoisotopic (exact) mass is 283 g/mol. The zero-order valence-electron chi connectivity index (χ0n) is 12.3. The minimum atomic E-state index is -0.560. The van der Waals surface area contributed by atoms with Gasteiger partial charge < -0.3 is 19.5 Å². The molecule has 0 spiro atoms. The molecular weight excluding hydrogens is 262 g/mol. The Labute approximate surface area is 118 Å². The minimum Gasteiger partial charge on any atom is -0.491 e. The van der Waals surface area contributed by atoms with Crippen LogP contribution in [0.3, 0.4) is 0 Å². The summed E-state index contributed by atoms with van der Waals surface area (Å²) in [6, 6.07) is 0. The van der Waals surface area contributed by atoms with Crippen LogP contribution in [0.25, 0.3) is 0 Å². The summed E-state index contributed by atoms with van der Waals surface area (Å²) >= 11 is 0. The van der Waals surface area contributed by atoms with Crippen molar-refractivity contribution < 1.29 is 19.0 Å². The van der Waals surface area contributed by atoms with Crippen LogP contribution in [-0.4, -0.2) is 49.4 Å². The van der Waals surface area contributed by atoms with E-state index in [1.54, 1.807) is 0 Å². The predicted octanol–water partition coefficient (Wildman–Crippen LogP) is 1.50. The van der Waals surface area contributed by atoms with E-state index in [1.165, 1.54) is 20.5 Å². The van der Waals surface area contributed by atoms with Gasteiger partial charge in [0.1, 0.15) is 6.33 Å². The van der Waals surface area contributed by atoms with Gasteiger partial charge in [0.25, 0.3) is 0 Å².